The molecule has 156 valence electrons. The Morgan fingerprint density at radius 3 is 2.14 bits per heavy atom. The lowest BCUT2D eigenvalue weighted by Gasteiger charge is -2.25. The lowest BCUT2D eigenvalue weighted by atomic mass is 10.2. The zero-order chi connectivity index (χ0) is 20.2. The van der Waals surface area contributed by atoms with Gasteiger partial charge < -0.3 is 4.90 Å². The van der Waals surface area contributed by atoms with Crippen molar-refractivity contribution in [3.8, 4) is 0 Å². The van der Waals surface area contributed by atoms with Gasteiger partial charge in [-0.2, -0.15) is 17.5 Å². The van der Waals surface area contributed by atoms with Gasteiger partial charge in [0.15, 0.2) is 0 Å². The fraction of sp³-hybridized carbons (Fsp3) is 0.333. The van der Waals surface area contributed by atoms with Crippen molar-refractivity contribution in [1.82, 2.24) is 9.21 Å². The summed E-state index contributed by atoms with van der Waals surface area (Å²) in [4.78, 5) is 0.967. The van der Waals surface area contributed by atoms with Crippen LogP contribution in [-0.4, -0.2) is 44.8 Å². The van der Waals surface area contributed by atoms with Gasteiger partial charge in [0.25, 0.3) is 0 Å². The number of halogens is 5. The van der Waals surface area contributed by atoms with Crippen LogP contribution in [0.2, 0.25) is 5.02 Å². The molecule has 0 amide bonds. The van der Waals surface area contributed by atoms with Crippen LogP contribution in [0.4, 0.5) is 13.2 Å². The quantitative estimate of drug-likeness (QED) is 0.614. The Morgan fingerprint density at radius 2 is 1.61 bits per heavy atom. The van der Waals surface area contributed by atoms with Crippen molar-refractivity contribution in [3.63, 3.8) is 0 Å². The second-order valence-electron chi connectivity index (χ2n) is 6.27. The second-order valence-corrected chi connectivity index (χ2v) is 8.61. The maximum atomic E-state index is 13.4. The highest BCUT2D eigenvalue weighted by molar-refractivity contribution is 7.89. The molecule has 4 nitrogen and oxygen atoms in total. The van der Waals surface area contributed by atoms with Gasteiger partial charge >= 0.3 is 6.18 Å². The molecule has 0 atom stereocenters. The number of rotatable bonds is 7. The molecular formula is C18H21Cl2F3N2O2S. The zero-order valence-electron chi connectivity index (χ0n) is 15.3. The van der Waals surface area contributed by atoms with E-state index in [1.165, 1.54) is 0 Å². The number of nitrogens with zero attached hydrogens (tertiary/aromatic N) is 2. The van der Waals surface area contributed by atoms with Gasteiger partial charge in [0, 0.05) is 24.7 Å². The predicted molar refractivity (Wildman–Crippen MR) is 106 cm³/mol. The van der Waals surface area contributed by atoms with Crippen molar-refractivity contribution in [2.24, 2.45) is 0 Å². The van der Waals surface area contributed by atoms with Crippen molar-refractivity contribution in [2.45, 2.75) is 17.6 Å². The summed E-state index contributed by atoms with van der Waals surface area (Å²) in [7, 11) is -0.876. The Balaban J connectivity index is 0.00000392. The Labute approximate surface area is 174 Å². The van der Waals surface area contributed by atoms with Gasteiger partial charge in [-0.05, 0) is 37.9 Å². The first-order chi connectivity index (χ1) is 12.5. The van der Waals surface area contributed by atoms with Gasteiger partial charge in [0.1, 0.15) is 0 Å². The van der Waals surface area contributed by atoms with E-state index in [1.807, 2.05) is 0 Å². The molecule has 2 aromatic rings. The fourth-order valence-corrected chi connectivity index (χ4v) is 4.25. The summed E-state index contributed by atoms with van der Waals surface area (Å²) in [5, 5.41) is -0.177. The highest BCUT2D eigenvalue weighted by Crippen LogP contribution is 2.37. The summed E-state index contributed by atoms with van der Waals surface area (Å²) in [5.41, 5.74) is -0.583. The SMILES string of the molecule is CN(C)CCN(Cc1ccccc1)S(=O)(=O)c1ccc(Cl)cc1C(F)(F)F.Cl. The lowest BCUT2D eigenvalue weighted by Crippen LogP contribution is -2.37. The Morgan fingerprint density at radius 1 is 1.00 bits per heavy atom. The van der Waals surface area contributed by atoms with Gasteiger partial charge in [-0.1, -0.05) is 41.9 Å². The number of sulfonamides is 1. The molecule has 0 radical (unpaired) electrons. The summed E-state index contributed by atoms with van der Waals surface area (Å²) in [6.07, 6.45) is -4.84. The van der Waals surface area contributed by atoms with E-state index in [1.54, 1.807) is 49.3 Å². The van der Waals surface area contributed by atoms with Crippen LogP contribution in [0, 0.1) is 0 Å². The van der Waals surface area contributed by atoms with Crippen LogP contribution in [-0.2, 0) is 22.7 Å². The van der Waals surface area contributed by atoms with E-state index >= 15 is 0 Å². The van der Waals surface area contributed by atoms with Crippen molar-refractivity contribution < 1.29 is 21.6 Å². The highest BCUT2D eigenvalue weighted by Gasteiger charge is 2.39. The van der Waals surface area contributed by atoms with Gasteiger partial charge in [0.05, 0.1) is 10.5 Å². The van der Waals surface area contributed by atoms with Gasteiger partial charge in [0.2, 0.25) is 10.0 Å². The third-order valence-corrected chi connectivity index (χ3v) is 6.00. The van der Waals surface area contributed by atoms with Crippen molar-refractivity contribution in [3.05, 3.63) is 64.7 Å². The summed E-state index contributed by atoms with van der Waals surface area (Å²) in [5.74, 6) is 0. The molecule has 0 bridgehead atoms. The monoisotopic (exact) mass is 456 g/mol. The minimum Gasteiger partial charge on any atom is -0.308 e. The molecule has 0 saturated heterocycles. The van der Waals surface area contributed by atoms with Crippen LogP contribution < -0.4 is 0 Å². The first-order valence-electron chi connectivity index (χ1n) is 8.07. The highest BCUT2D eigenvalue weighted by atomic mass is 35.5. The van der Waals surface area contributed by atoms with E-state index < -0.39 is 26.7 Å². The molecule has 0 unspecified atom stereocenters. The molecule has 0 heterocycles. The summed E-state index contributed by atoms with van der Waals surface area (Å²) < 4.78 is 67.5. The number of hydrogen-bond acceptors (Lipinski definition) is 3. The van der Waals surface area contributed by atoms with E-state index in [0.717, 1.165) is 16.4 Å². The molecule has 0 fully saturated rings. The number of alkyl halides is 3. The maximum Gasteiger partial charge on any atom is 0.417 e. The molecule has 10 heteroatoms. The average Bonchev–Trinajstić information content (AvgIpc) is 2.58. The Kier molecular flexibility index (Phi) is 8.77. The number of hydrogen-bond donors (Lipinski definition) is 0. The molecule has 0 aliphatic heterocycles. The van der Waals surface area contributed by atoms with Crippen molar-refractivity contribution in [2.75, 3.05) is 27.2 Å². The van der Waals surface area contributed by atoms with Gasteiger partial charge in [-0.15, -0.1) is 12.4 Å². The van der Waals surface area contributed by atoms with Crippen LogP contribution in [0.5, 0.6) is 0 Å². The minimum absolute atomic E-state index is 0. The lowest BCUT2D eigenvalue weighted by molar-refractivity contribution is -0.139. The summed E-state index contributed by atoms with van der Waals surface area (Å²) in [6, 6.07) is 11.4. The fourth-order valence-electron chi connectivity index (χ4n) is 2.47. The topological polar surface area (TPSA) is 40.6 Å². The molecule has 0 saturated carbocycles. The maximum absolute atomic E-state index is 13.4. The molecule has 0 N–H and O–H groups in total. The second kappa shape index (κ2) is 9.93. The van der Waals surface area contributed by atoms with Crippen molar-refractivity contribution >= 4 is 34.0 Å². The van der Waals surface area contributed by atoms with E-state index in [0.29, 0.717) is 18.2 Å². The van der Waals surface area contributed by atoms with E-state index in [-0.39, 0.29) is 30.5 Å². The first-order valence-corrected chi connectivity index (χ1v) is 9.89. The molecule has 0 spiro atoms. The molecule has 2 aromatic carbocycles. The first kappa shape index (κ1) is 24.7. The molecule has 0 aromatic heterocycles. The summed E-state index contributed by atoms with van der Waals surface area (Å²) in [6.45, 7) is 0.377. The van der Waals surface area contributed by atoms with E-state index in [4.69, 9.17) is 11.6 Å². The average molecular weight is 457 g/mol. The number of likely N-dealkylation sites (N-methyl/N-ethyl adjacent to an activating group) is 1. The van der Waals surface area contributed by atoms with E-state index in [2.05, 4.69) is 0 Å². The van der Waals surface area contributed by atoms with Crippen LogP contribution in [0.1, 0.15) is 11.1 Å². The molecule has 0 aliphatic rings. The number of benzene rings is 2. The standard InChI is InChI=1S/C18H20ClF3N2O2S.ClH/c1-23(2)10-11-24(13-14-6-4-3-5-7-14)27(25,26)17-9-8-15(19)12-16(17)18(20,21)22;/h3-9,12H,10-11,13H2,1-2H3;1H. The molecule has 0 aliphatic carbocycles. The smallest absolute Gasteiger partial charge is 0.308 e. The van der Waals surface area contributed by atoms with Gasteiger partial charge in [-0.25, -0.2) is 8.42 Å². The van der Waals surface area contributed by atoms with Crippen LogP contribution >= 0.6 is 24.0 Å². The molecular weight excluding hydrogens is 436 g/mol. The minimum atomic E-state index is -4.84. The predicted octanol–water partition coefficient (Wildman–Crippen LogP) is 4.53. The normalized spacial score (nSPS) is 12.3. The van der Waals surface area contributed by atoms with Gasteiger partial charge in [-0.3, -0.25) is 0 Å². The zero-order valence-corrected chi connectivity index (χ0v) is 17.7. The Bertz CT molecular complexity index is 876. The van der Waals surface area contributed by atoms with Crippen molar-refractivity contribution in [1.29, 1.82) is 0 Å². The Hall–Kier alpha value is -1.32. The molecule has 2 rings (SSSR count). The third-order valence-electron chi connectivity index (χ3n) is 3.86. The molecule has 28 heavy (non-hydrogen) atoms. The largest absolute Gasteiger partial charge is 0.417 e. The third kappa shape index (κ3) is 6.35. The van der Waals surface area contributed by atoms with Crippen LogP contribution in [0.15, 0.2) is 53.4 Å². The summed E-state index contributed by atoms with van der Waals surface area (Å²) >= 11 is 5.67. The van der Waals surface area contributed by atoms with E-state index in [9.17, 15) is 21.6 Å². The van der Waals surface area contributed by atoms with Crippen LogP contribution in [0.3, 0.4) is 0 Å². The van der Waals surface area contributed by atoms with Crippen LogP contribution in [0.25, 0.3) is 0 Å².